The Balaban J connectivity index is 1.73. The van der Waals surface area contributed by atoms with Crippen LogP contribution in [-0.4, -0.2) is 7.11 Å². The average Bonchev–Trinajstić information content (AvgIpc) is 2.71. The standard InChI is InChI=1S/C26H33NO/c1-18(2)14-21-11-10-20-12-13-26(3,27-17-19-8-6-5-7-9-19)24-16-22(28-4)15-23(21)25(20)24/h5-9,15-16,20-21,27H,1,10-14,17H2,2-4H3/t20-,21+,26+/m0/s1. The second kappa shape index (κ2) is 7.75. The predicted octanol–water partition coefficient (Wildman–Crippen LogP) is 6.42. The summed E-state index contributed by atoms with van der Waals surface area (Å²) >= 11 is 0. The molecule has 2 heteroatoms. The molecule has 0 aliphatic heterocycles. The predicted molar refractivity (Wildman–Crippen MR) is 117 cm³/mol. The number of methoxy groups -OCH3 is 1. The lowest BCUT2D eigenvalue weighted by molar-refractivity contribution is 0.274. The minimum Gasteiger partial charge on any atom is -0.497 e. The maximum absolute atomic E-state index is 5.74. The Kier molecular flexibility index (Phi) is 5.33. The van der Waals surface area contributed by atoms with Crippen molar-refractivity contribution in [1.82, 2.24) is 5.32 Å². The van der Waals surface area contributed by atoms with Crippen LogP contribution < -0.4 is 10.1 Å². The van der Waals surface area contributed by atoms with E-state index in [1.807, 2.05) is 0 Å². The lowest BCUT2D eigenvalue weighted by Crippen LogP contribution is -2.43. The second-order valence-corrected chi connectivity index (χ2v) is 9.02. The maximum Gasteiger partial charge on any atom is 0.119 e. The molecule has 28 heavy (non-hydrogen) atoms. The van der Waals surface area contributed by atoms with E-state index < -0.39 is 0 Å². The third kappa shape index (κ3) is 3.63. The Hall–Kier alpha value is -2.06. The molecule has 0 fully saturated rings. The minimum absolute atomic E-state index is 0.0178. The van der Waals surface area contributed by atoms with E-state index in [1.165, 1.54) is 47.9 Å². The van der Waals surface area contributed by atoms with Crippen molar-refractivity contribution in [3.63, 3.8) is 0 Å². The Bertz CT molecular complexity index is 856. The molecule has 0 unspecified atom stereocenters. The highest BCUT2D eigenvalue weighted by Crippen LogP contribution is 2.52. The monoisotopic (exact) mass is 375 g/mol. The quantitative estimate of drug-likeness (QED) is 0.588. The number of hydrogen-bond acceptors (Lipinski definition) is 2. The van der Waals surface area contributed by atoms with Gasteiger partial charge in [0.2, 0.25) is 0 Å². The summed E-state index contributed by atoms with van der Waals surface area (Å²) in [6.45, 7) is 9.62. The topological polar surface area (TPSA) is 21.3 Å². The van der Waals surface area contributed by atoms with Crippen LogP contribution in [0, 0.1) is 0 Å². The Morgan fingerprint density at radius 3 is 2.68 bits per heavy atom. The third-order valence-electron chi connectivity index (χ3n) is 6.84. The summed E-state index contributed by atoms with van der Waals surface area (Å²) in [4.78, 5) is 0. The van der Waals surface area contributed by atoms with Crippen molar-refractivity contribution in [2.24, 2.45) is 0 Å². The van der Waals surface area contributed by atoms with Gasteiger partial charge in [-0.05, 0) is 92.2 Å². The molecule has 2 aliphatic rings. The average molecular weight is 376 g/mol. The molecular weight excluding hydrogens is 342 g/mol. The summed E-state index contributed by atoms with van der Waals surface area (Å²) in [5.74, 6) is 2.27. The van der Waals surface area contributed by atoms with E-state index in [4.69, 9.17) is 4.74 Å². The van der Waals surface area contributed by atoms with E-state index in [2.05, 4.69) is 68.2 Å². The van der Waals surface area contributed by atoms with Crippen LogP contribution in [0.2, 0.25) is 0 Å². The van der Waals surface area contributed by atoms with Crippen molar-refractivity contribution in [3.8, 4) is 5.75 Å². The summed E-state index contributed by atoms with van der Waals surface area (Å²) in [5, 5.41) is 3.90. The van der Waals surface area contributed by atoms with Crippen molar-refractivity contribution >= 4 is 0 Å². The lowest BCUT2D eigenvalue weighted by atomic mass is 9.64. The van der Waals surface area contributed by atoms with Gasteiger partial charge in [-0.15, -0.1) is 6.58 Å². The molecule has 2 aliphatic carbocycles. The molecule has 0 spiro atoms. The summed E-state index contributed by atoms with van der Waals surface area (Å²) < 4.78 is 5.74. The molecule has 0 amide bonds. The van der Waals surface area contributed by atoms with Gasteiger partial charge in [-0.3, -0.25) is 0 Å². The van der Waals surface area contributed by atoms with Gasteiger partial charge in [0, 0.05) is 12.1 Å². The molecule has 2 aromatic carbocycles. The first-order valence-corrected chi connectivity index (χ1v) is 10.7. The number of hydrogen-bond donors (Lipinski definition) is 1. The second-order valence-electron chi connectivity index (χ2n) is 9.02. The van der Waals surface area contributed by atoms with Gasteiger partial charge in [-0.25, -0.2) is 0 Å². The number of ether oxygens (including phenoxy) is 1. The van der Waals surface area contributed by atoms with Gasteiger partial charge < -0.3 is 10.1 Å². The van der Waals surface area contributed by atoms with Gasteiger partial charge in [0.15, 0.2) is 0 Å². The minimum atomic E-state index is -0.0178. The molecule has 0 heterocycles. The Labute approximate surface area is 170 Å². The number of nitrogens with one attached hydrogen (secondary N) is 1. The molecule has 3 atom stereocenters. The zero-order valence-electron chi connectivity index (χ0n) is 17.6. The molecule has 2 aromatic rings. The molecule has 0 radical (unpaired) electrons. The molecule has 0 saturated carbocycles. The van der Waals surface area contributed by atoms with E-state index in [-0.39, 0.29) is 5.54 Å². The number of allylic oxidation sites excluding steroid dienone is 1. The fourth-order valence-corrected chi connectivity index (χ4v) is 5.31. The summed E-state index contributed by atoms with van der Waals surface area (Å²) in [5.41, 5.74) is 7.17. The SMILES string of the molecule is C=C(C)C[C@H]1CC[C@H]2CC[C@@](C)(NCc3ccccc3)c3cc(OC)cc1c32. The summed E-state index contributed by atoms with van der Waals surface area (Å²) in [7, 11) is 1.79. The first-order chi connectivity index (χ1) is 13.5. The van der Waals surface area contributed by atoms with E-state index in [0.29, 0.717) is 11.8 Å². The smallest absolute Gasteiger partial charge is 0.119 e. The fraction of sp³-hybridized carbons (Fsp3) is 0.462. The van der Waals surface area contributed by atoms with Gasteiger partial charge in [-0.1, -0.05) is 35.9 Å². The molecule has 4 rings (SSSR count). The Morgan fingerprint density at radius 1 is 1.18 bits per heavy atom. The highest BCUT2D eigenvalue weighted by molar-refractivity contribution is 5.52. The van der Waals surface area contributed by atoms with Gasteiger partial charge in [0.1, 0.15) is 5.75 Å². The van der Waals surface area contributed by atoms with Gasteiger partial charge in [0.05, 0.1) is 7.11 Å². The zero-order valence-corrected chi connectivity index (χ0v) is 17.6. The van der Waals surface area contributed by atoms with Crippen molar-refractivity contribution in [2.75, 3.05) is 7.11 Å². The largest absolute Gasteiger partial charge is 0.497 e. The molecule has 1 N–H and O–H groups in total. The molecule has 0 bridgehead atoms. The molecule has 148 valence electrons. The highest BCUT2D eigenvalue weighted by Gasteiger charge is 2.40. The van der Waals surface area contributed by atoms with Crippen LogP contribution in [0.15, 0.2) is 54.6 Å². The van der Waals surface area contributed by atoms with Crippen molar-refractivity contribution in [2.45, 2.75) is 69.9 Å². The van der Waals surface area contributed by atoms with Crippen molar-refractivity contribution in [3.05, 3.63) is 76.9 Å². The van der Waals surface area contributed by atoms with E-state index >= 15 is 0 Å². The Morgan fingerprint density at radius 2 is 1.96 bits per heavy atom. The van der Waals surface area contributed by atoms with Gasteiger partial charge in [-0.2, -0.15) is 0 Å². The lowest BCUT2D eigenvalue weighted by Gasteiger charge is -2.45. The van der Waals surface area contributed by atoms with E-state index in [0.717, 1.165) is 18.7 Å². The number of benzene rings is 2. The molecule has 2 nitrogen and oxygen atoms in total. The summed E-state index contributed by atoms with van der Waals surface area (Å²) in [6.07, 6.45) is 6.10. The van der Waals surface area contributed by atoms with Gasteiger partial charge >= 0.3 is 0 Å². The van der Waals surface area contributed by atoms with Crippen LogP contribution >= 0.6 is 0 Å². The third-order valence-corrected chi connectivity index (χ3v) is 6.84. The van der Waals surface area contributed by atoms with Crippen LogP contribution in [0.5, 0.6) is 5.75 Å². The van der Waals surface area contributed by atoms with Gasteiger partial charge in [0.25, 0.3) is 0 Å². The van der Waals surface area contributed by atoms with E-state index in [1.54, 1.807) is 12.7 Å². The van der Waals surface area contributed by atoms with Crippen molar-refractivity contribution < 1.29 is 4.74 Å². The highest BCUT2D eigenvalue weighted by atomic mass is 16.5. The van der Waals surface area contributed by atoms with E-state index in [9.17, 15) is 0 Å². The first kappa shape index (κ1) is 19.3. The molecule has 0 aromatic heterocycles. The van der Waals surface area contributed by atoms with Crippen molar-refractivity contribution in [1.29, 1.82) is 0 Å². The molecule has 0 saturated heterocycles. The van der Waals surface area contributed by atoms with Crippen LogP contribution in [0.4, 0.5) is 0 Å². The number of rotatable bonds is 6. The van der Waals surface area contributed by atoms with Crippen LogP contribution in [0.3, 0.4) is 0 Å². The zero-order chi connectivity index (χ0) is 19.7. The van der Waals surface area contributed by atoms with Crippen LogP contribution in [0.25, 0.3) is 0 Å². The normalized spacial score (nSPS) is 25.8. The molecular formula is C26H33NO. The van der Waals surface area contributed by atoms with Crippen LogP contribution in [-0.2, 0) is 12.1 Å². The maximum atomic E-state index is 5.74. The fourth-order valence-electron chi connectivity index (χ4n) is 5.31. The summed E-state index contributed by atoms with van der Waals surface area (Å²) in [6, 6.07) is 15.3. The first-order valence-electron chi connectivity index (χ1n) is 10.7. The van der Waals surface area contributed by atoms with Crippen LogP contribution in [0.1, 0.15) is 80.0 Å².